The van der Waals surface area contributed by atoms with Crippen molar-refractivity contribution in [3.05, 3.63) is 48.0 Å². The first-order valence-corrected chi connectivity index (χ1v) is 13.6. The summed E-state index contributed by atoms with van der Waals surface area (Å²) >= 11 is 0. The molecule has 0 bridgehead atoms. The third-order valence-corrected chi connectivity index (χ3v) is 7.84. The summed E-state index contributed by atoms with van der Waals surface area (Å²) in [4.78, 5) is 24.7. The Bertz CT molecular complexity index is 1260. The van der Waals surface area contributed by atoms with Crippen molar-refractivity contribution in [3.8, 4) is 11.8 Å². The fourth-order valence-corrected chi connectivity index (χ4v) is 5.71. The second-order valence-corrected chi connectivity index (χ2v) is 10.3. The van der Waals surface area contributed by atoms with Gasteiger partial charge in [0.05, 0.1) is 5.69 Å². The highest BCUT2D eigenvalue weighted by atomic mass is 16.5. The van der Waals surface area contributed by atoms with E-state index in [1.807, 2.05) is 17.0 Å². The van der Waals surface area contributed by atoms with Crippen molar-refractivity contribution in [1.82, 2.24) is 19.4 Å². The third kappa shape index (κ3) is 6.04. The molecule has 1 aliphatic heterocycles. The highest BCUT2D eigenvalue weighted by molar-refractivity contribution is 5.77. The summed E-state index contributed by atoms with van der Waals surface area (Å²) in [7, 11) is 0. The number of carbonyl (C=O) groups excluding carboxylic acids is 1. The molecular weight excluding hydrogens is 464 g/mol. The number of fused-ring (bicyclic) bond motifs is 1. The van der Waals surface area contributed by atoms with E-state index in [4.69, 9.17) is 4.74 Å². The minimum atomic E-state index is 0.150. The number of amides is 1. The Labute approximate surface area is 218 Å². The lowest BCUT2D eigenvalue weighted by Crippen LogP contribution is -2.33. The Hall–Kier alpha value is -3.60. The molecule has 0 spiro atoms. The molecule has 37 heavy (non-hydrogen) atoms. The first-order valence-electron chi connectivity index (χ1n) is 13.6. The van der Waals surface area contributed by atoms with Crippen LogP contribution in [0.5, 0.6) is 5.75 Å². The smallest absolute Gasteiger partial charge is 0.234 e. The second-order valence-electron chi connectivity index (χ2n) is 10.3. The molecule has 0 N–H and O–H groups in total. The molecule has 5 rings (SSSR count). The zero-order chi connectivity index (χ0) is 25.6. The summed E-state index contributed by atoms with van der Waals surface area (Å²) in [5.74, 6) is 1.92. The predicted octanol–water partition coefficient (Wildman–Crippen LogP) is 4.91. The van der Waals surface area contributed by atoms with Gasteiger partial charge in [0.25, 0.3) is 0 Å². The number of anilines is 1. The molecule has 3 heterocycles. The number of rotatable bonds is 7. The summed E-state index contributed by atoms with van der Waals surface area (Å²) in [5, 5.41) is 10.3. The van der Waals surface area contributed by atoms with Crippen LogP contribution >= 0.6 is 0 Å². The predicted molar refractivity (Wildman–Crippen MR) is 143 cm³/mol. The van der Waals surface area contributed by atoms with Crippen molar-refractivity contribution in [2.45, 2.75) is 65.0 Å². The molecule has 1 saturated heterocycles. The first kappa shape index (κ1) is 25.1. The summed E-state index contributed by atoms with van der Waals surface area (Å²) in [6, 6.07) is 12.4. The minimum Gasteiger partial charge on any atom is -0.487 e. The lowest BCUT2D eigenvalue weighted by Gasteiger charge is -2.23. The number of hydrogen-bond donors (Lipinski definition) is 0. The zero-order valence-electron chi connectivity index (χ0n) is 21.7. The van der Waals surface area contributed by atoms with E-state index in [9.17, 15) is 10.1 Å². The van der Waals surface area contributed by atoms with Gasteiger partial charge in [-0.05, 0) is 49.1 Å². The molecule has 1 saturated carbocycles. The largest absolute Gasteiger partial charge is 0.487 e. The number of benzene rings is 1. The molecule has 8 heteroatoms. The summed E-state index contributed by atoms with van der Waals surface area (Å²) < 4.78 is 8.44. The summed E-state index contributed by atoms with van der Waals surface area (Å²) in [5.41, 5.74) is 3.02. The van der Waals surface area contributed by atoms with Gasteiger partial charge in [0.2, 0.25) is 11.7 Å². The van der Waals surface area contributed by atoms with Gasteiger partial charge >= 0.3 is 0 Å². The second kappa shape index (κ2) is 11.6. The van der Waals surface area contributed by atoms with Crippen molar-refractivity contribution >= 4 is 22.6 Å². The van der Waals surface area contributed by atoms with Crippen LogP contribution in [0.25, 0.3) is 11.0 Å². The average Bonchev–Trinajstić information content (AvgIpc) is 3.08. The number of hydrogen-bond acceptors (Lipinski definition) is 6. The third-order valence-electron chi connectivity index (χ3n) is 7.84. The van der Waals surface area contributed by atoms with E-state index < -0.39 is 0 Å². The zero-order valence-corrected chi connectivity index (χ0v) is 21.7. The highest BCUT2D eigenvalue weighted by Crippen LogP contribution is 2.29. The van der Waals surface area contributed by atoms with Gasteiger partial charge in [0.1, 0.15) is 24.1 Å². The quantitative estimate of drug-likeness (QED) is 0.458. The fourth-order valence-electron chi connectivity index (χ4n) is 5.71. The Morgan fingerprint density at radius 1 is 1.08 bits per heavy atom. The van der Waals surface area contributed by atoms with Crippen molar-refractivity contribution in [1.29, 1.82) is 5.26 Å². The van der Waals surface area contributed by atoms with Crippen molar-refractivity contribution in [2.75, 3.05) is 31.1 Å². The van der Waals surface area contributed by atoms with Crippen molar-refractivity contribution < 1.29 is 9.53 Å². The van der Waals surface area contributed by atoms with Crippen LogP contribution in [0, 0.1) is 17.2 Å². The maximum atomic E-state index is 11.7. The van der Waals surface area contributed by atoms with Crippen LogP contribution in [0.1, 0.15) is 63.4 Å². The number of nitriles is 1. The number of aromatic nitrogens is 3. The standard InChI is InChI=1S/C29H36N6O2/c1-22(36)33-13-5-14-34(17-16-33)25-8-10-27(11-9-25)37-21-26-18-24-20-31-28(19-30)32-29(24)35(26)15-12-23-6-3-2-4-7-23/h8-11,18,20,23H,2-7,12-17,21H2,1H3. The molecule has 8 nitrogen and oxygen atoms in total. The van der Waals surface area contributed by atoms with Gasteiger partial charge in [-0.1, -0.05) is 32.1 Å². The molecule has 3 aromatic rings. The van der Waals surface area contributed by atoms with Crippen LogP contribution in [-0.4, -0.2) is 51.5 Å². The van der Waals surface area contributed by atoms with E-state index >= 15 is 0 Å². The average molecular weight is 501 g/mol. The molecule has 1 amide bonds. The van der Waals surface area contributed by atoms with E-state index in [0.29, 0.717) is 6.61 Å². The molecule has 1 aromatic carbocycles. The van der Waals surface area contributed by atoms with Gasteiger partial charge in [0, 0.05) is 56.9 Å². The van der Waals surface area contributed by atoms with E-state index in [-0.39, 0.29) is 11.7 Å². The van der Waals surface area contributed by atoms with Crippen LogP contribution in [-0.2, 0) is 17.9 Å². The van der Waals surface area contributed by atoms with Crippen LogP contribution in [0.3, 0.4) is 0 Å². The number of nitrogens with zero attached hydrogens (tertiary/aromatic N) is 6. The van der Waals surface area contributed by atoms with Gasteiger partial charge in [-0.15, -0.1) is 0 Å². The SMILES string of the molecule is CC(=O)N1CCCN(c2ccc(OCc3cc4cnc(C#N)nc4n3CCC3CCCCC3)cc2)CC1. The molecule has 2 aromatic heterocycles. The lowest BCUT2D eigenvalue weighted by molar-refractivity contribution is -0.128. The maximum absolute atomic E-state index is 11.7. The van der Waals surface area contributed by atoms with E-state index in [1.54, 1.807) is 13.1 Å². The van der Waals surface area contributed by atoms with Gasteiger partial charge in [-0.25, -0.2) is 9.97 Å². The molecule has 2 fully saturated rings. The Morgan fingerprint density at radius 3 is 2.65 bits per heavy atom. The lowest BCUT2D eigenvalue weighted by atomic mass is 9.87. The van der Waals surface area contributed by atoms with Crippen LogP contribution in [0.2, 0.25) is 0 Å². The van der Waals surface area contributed by atoms with Crippen molar-refractivity contribution in [3.63, 3.8) is 0 Å². The monoisotopic (exact) mass is 500 g/mol. The molecule has 0 radical (unpaired) electrons. The van der Waals surface area contributed by atoms with Crippen LogP contribution in [0.15, 0.2) is 36.5 Å². The van der Waals surface area contributed by atoms with Gasteiger partial charge in [-0.2, -0.15) is 5.26 Å². The first-order chi connectivity index (χ1) is 18.1. The minimum absolute atomic E-state index is 0.150. The van der Waals surface area contributed by atoms with Gasteiger partial charge in [-0.3, -0.25) is 4.79 Å². The summed E-state index contributed by atoms with van der Waals surface area (Å²) in [6.45, 7) is 6.31. The van der Waals surface area contributed by atoms with E-state index in [2.05, 4.69) is 43.7 Å². The molecule has 0 unspecified atom stereocenters. The molecular formula is C29H36N6O2. The van der Waals surface area contributed by atoms with Gasteiger partial charge < -0.3 is 19.1 Å². The molecule has 2 aliphatic rings. The Kier molecular flexibility index (Phi) is 7.88. The number of ether oxygens (including phenoxy) is 1. The normalized spacial score (nSPS) is 17.0. The Morgan fingerprint density at radius 2 is 1.89 bits per heavy atom. The number of carbonyl (C=O) groups is 1. The maximum Gasteiger partial charge on any atom is 0.234 e. The van der Waals surface area contributed by atoms with Crippen molar-refractivity contribution in [2.24, 2.45) is 5.92 Å². The van der Waals surface area contributed by atoms with E-state index in [1.165, 1.54) is 32.1 Å². The van der Waals surface area contributed by atoms with Crippen LogP contribution < -0.4 is 9.64 Å². The van der Waals surface area contributed by atoms with Crippen LogP contribution in [0.4, 0.5) is 5.69 Å². The van der Waals surface area contributed by atoms with Gasteiger partial charge in [0.15, 0.2) is 0 Å². The summed E-state index contributed by atoms with van der Waals surface area (Å²) in [6.07, 6.45) is 10.5. The number of aryl methyl sites for hydroxylation is 1. The molecule has 1 aliphatic carbocycles. The fraction of sp³-hybridized carbons (Fsp3) is 0.517. The molecule has 194 valence electrons. The molecule has 0 atom stereocenters. The highest BCUT2D eigenvalue weighted by Gasteiger charge is 2.18. The van der Waals surface area contributed by atoms with E-state index in [0.717, 1.165) is 79.6 Å². The Balaban J connectivity index is 1.27. The topological polar surface area (TPSA) is 87.3 Å².